The van der Waals surface area contributed by atoms with Crippen LogP contribution in [0.1, 0.15) is 43.0 Å². The van der Waals surface area contributed by atoms with Gasteiger partial charge in [0, 0.05) is 12.7 Å². The van der Waals surface area contributed by atoms with E-state index in [4.69, 9.17) is 4.74 Å². The molecule has 0 radical (unpaired) electrons. The Morgan fingerprint density at radius 3 is 2.89 bits per heavy atom. The van der Waals surface area contributed by atoms with Gasteiger partial charge in [0.2, 0.25) is 0 Å². The molecule has 3 heteroatoms. The molecule has 0 amide bonds. The molecule has 1 fully saturated rings. The Morgan fingerprint density at radius 2 is 2.28 bits per heavy atom. The largest absolute Gasteiger partial charge is 0.370 e. The maximum Gasteiger partial charge on any atom is 0.194 e. The summed E-state index contributed by atoms with van der Waals surface area (Å²) in [5.41, 5.74) is -0.350. The normalized spacial score (nSPS) is 28.1. The van der Waals surface area contributed by atoms with E-state index >= 15 is 0 Å². The summed E-state index contributed by atoms with van der Waals surface area (Å²) >= 11 is 0. The Hall–Kier alpha value is -1.22. The van der Waals surface area contributed by atoms with E-state index in [1.54, 1.807) is 19.2 Å². The van der Waals surface area contributed by atoms with Gasteiger partial charge < -0.3 is 4.74 Å². The lowest BCUT2D eigenvalue weighted by Crippen LogP contribution is -2.44. The molecule has 1 aromatic carbocycles. The van der Waals surface area contributed by atoms with Crippen LogP contribution in [-0.4, -0.2) is 18.5 Å². The minimum absolute atomic E-state index is 0.0870. The van der Waals surface area contributed by atoms with E-state index in [1.807, 2.05) is 0 Å². The van der Waals surface area contributed by atoms with Gasteiger partial charge in [-0.3, -0.25) is 4.79 Å². The zero-order valence-corrected chi connectivity index (χ0v) is 10.9. The molecular formula is C15H19FO2. The highest BCUT2D eigenvalue weighted by atomic mass is 19.1. The molecule has 2 nitrogen and oxygen atoms in total. The summed E-state index contributed by atoms with van der Waals surface area (Å²) in [6, 6.07) is 5.87. The second-order valence-corrected chi connectivity index (χ2v) is 5.24. The van der Waals surface area contributed by atoms with E-state index in [9.17, 15) is 9.18 Å². The van der Waals surface area contributed by atoms with Crippen LogP contribution in [0.5, 0.6) is 0 Å². The zero-order valence-electron chi connectivity index (χ0n) is 10.9. The number of carbonyl (C=O) groups is 1. The van der Waals surface area contributed by atoms with E-state index in [0.29, 0.717) is 11.5 Å². The lowest BCUT2D eigenvalue weighted by Gasteiger charge is -2.37. The molecule has 0 aromatic heterocycles. The van der Waals surface area contributed by atoms with Gasteiger partial charge in [-0.1, -0.05) is 25.5 Å². The second-order valence-electron chi connectivity index (χ2n) is 5.24. The van der Waals surface area contributed by atoms with Crippen molar-refractivity contribution in [3.8, 4) is 0 Å². The molecule has 2 unspecified atom stereocenters. The number of hydrogen-bond donors (Lipinski definition) is 0. The van der Waals surface area contributed by atoms with Gasteiger partial charge in [-0.25, -0.2) is 4.39 Å². The van der Waals surface area contributed by atoms with Crippen LogP contribution >= 0.6 is 0 Å². The number of carbonyl (C=O) groups excluding carboxylic acids is 1. The van der Waals surface area contributed by atoms with Crippen LogP contribution in [0.25, 0.3) is 0 Å². The van der Waals surface area contributed by atoms with Crippen molar-refractivity contribution in [2.24, 2.45) is 5.92 Å². The average molecular weight is 250 g/mol. The SMILES string of the molecule is COC1(C(=O)c2cccc(F)c2)CCCC(C)C1. The monoisotopic (exact) mass is 250 g/mol. The number of halogens is 1. The van der Waals surface area contributed by atoms with Crippen LogP contribution in [0.4, 0.5) is 4.39 Å². The van der Waals surface area contributed by atoms with E-state index in [0.717, 1.165) is 25.7 Å². The zero-order chi connectivity index (χ0) is 13.2. The topological polar surface area (TPSA) is 26.3 Å². The first-order chi connectivity index (χ1) is 8.57. The fraction of sp³-hybridized carbons (Fsp3) is 0.533. The quantitative estimate of drug-likeness (QED) is 0.766. The van der Waals surface area contributed by atoms with Gasteiger partial charge in [-0.15, -0.1) is 0 Å². The number of Topliss-reactive ketones (excluding diaryl/α,β-unsaturated/α-hetero) is 1. The summed E-state index contributed by atoms with van der Waals surface area (Å²) in [6.07, 6.45) is 3.56. The van der Waals surface area contributed by atoms with Crippen molar-refractivity contribution in [1.29, 1.82) is 0 Å². The third-order valence-electron chi connectivity index (χ3n) is 3.85. The van der Waals surface area contributed by atoms with Crippen molar-refractivity contribution in [2.75, 3.05) is 7.11 Å². The highest BCUT2D eigenvalue weighted by molar-refractivity contribution is 6.02. The maximum absolute atomic E-state index is 13.2. The van der Waals surface area contributed by atoms with Gasteiger partial charge in [-0.2, -0.15) is 0 Å². The van der Waals surface area contributed by atoms with Gasteiger partial charge in [-0.05, 0) is 37.3 Å². The van der Waals surface area contributed by atoms with E-state index in [2.05, 4.69) is 6.92 Å². The molecular weight excluding hydrogens is 231 g/mol. The summed E-state index contributed by atoms with van der Waals surface area (Å²) in [6.45, 7) is 2.13. The summed E-state index contributed by atoms with van der Waals surface area (Å²) in [5, 5.41) is 0. The predicted molar refractivity (Wildman–Crippen MR) is 68.1 cm³/mol. The first-order valence-corrected chi connectivity index (χ1v) is 6.43. The first kappa shape index (κ1) is 13.2. The fourth-order valence-corrected chi connectivity index (χ4v) is 2.88. The molecule has 1 aliphatic rings. The molecule has 0 N–H and O–H groups in total. The average Bonchev–Trinajstić information content (AvgIpc) is 2.37. The van der Waals surface area contributed by atoms with Crippen molar-refractivity contribution >= 4 is 5.78 Å². The molecule has 2 rings (SSSR count). The second kappa shape index (κ2) is 5.19. The third kappa shape index (κ3) is 2.46. The van der Waals surface area contributed by atoms with Crippen LogP contribution in [0.15, 0.2) is 24.3 Å². The van der Waals surface area contributed by atoms with Crippen molar-refractivity contribution in [1.82, 2.24) is 0 Å². The standard InChI is InChI=1S/C15H19FO2/c1-11-5-4-8-15(10-11,18-2)14(17)12-6-3-7-13(16)9-12/h3,6-7,9,11H,4-5,8,10H2,1-2H3. The smallest absolute Gasteiger partial charge is 0.194 e. The van der Waals surface area contributed by atoms with E-state index in [-0.39, 0.29) is 11.6 Å². The molecule has 1 aliphatic carbocycles. The molecule has 0 spiro atoms. The number of ketones is 1. The van der Waals surface area contributed by atoms with Gasteiger partial charge in [0.15, 0.2) is 5.78 Å². The molecule has 18 heavy (non-hydrogen) atoms. The van der Waals surface area contributed by atoms with E-state index < -0.39 is 5.60 Å². The van der Waals surface area contributed by atoms with Crippen molar-refractivity contribution in [3.05, 3.63) is 35.6 Å². The summed E-state index contributed by atoms with van der Waals surface area (Å²) < 4.78 is 18.7. The maximum atomic E-state index is 13.2. The number of ether oxygens (including phenoxy) is 1. The molecule has 0 heterocycles. The van der Waals surface area contributed by atoms with Crippen molar-refractivity contribution < 1.29 is 13.9 Å². The Bertz CT molecular complexity index is 444. The lowest BCUT2D eigenvalue weighted by atomic mass is 9.75. The van der Waals surface area contributed by atoms with Crippen LogP contribution in [0.3, 0.4) is 0 Å². The minimum Gasteiger partial charge on any atom is -0.370 e. The summed E-state index contributed by atoms with van der Waals surface area (Å²) in [7, 11) is 1.58. The predicted octanol–water partition coefficient (Wildman–Crippen LogP) is 3.60. The van der Waals surface area contributed by atoms with Gasteiger partial charge in [0.05, 0.1) is 0 Å². The van der Waals surface area contributed by atoms with Gasteiger partial charge >= 0.3 is 0 Å². The molecule has 98 valence electrons. The van der Waals surface area contributed by atoms with Crippen molar-refractivity contribution in [2.45, 2.75) is 38.2 Å². The lowest BCUT2D eigenvalue weighted by molar-refractivity contribution is -0.0302. The van der Waals surface area contributed by atoms with Gasteiger partial charge in [0.25, 0.3) is 0 Å². The number of benzene rings is 1. The van der Waals surface area contributed by atoms with Crippen LogP contribution in [0, 0.1) is 11.7 Å². The summed E-state index contributed by atoms with van der Waals surface area (Å²) in [4.78, 5) is 12.6. The third-order valence-corrected chi connectivity index (χ3v) is 3.85. The Morgan fingerprint density at radius 1 is 1.50 bits per heavy atom. The molecule has 0 aliphatic heterocycles. The van der Waals surface area contributed by atoms with Crippen molar-refractivity contribution in [3.63, 3.8) is 0 Å². The van der Waals surface area contributed by atoms with Crippen LogP contribution < -0.4 is 0 Å². The Labute approximate surface area is 107 Å². The first-order valence-electron chi connectivity index (χ1n) is 6.43. The van der Waals surface area contributed by atoms with Gasteiger partial charge in [0.1, 0.15) is 11.4 Å². The minimum atomic E-state index is -0.758. The number of rotatable bonds is 3. The fourth-order valence-electron chi connectivity index (χ4n) is 2.88. The number of hydrogen-bond acceptors (Lipinski definition) is 2. The van der Waals surface area contributed by atoms with Crippen LogP contribution in [0.2, 0.25) is 0 Å². The molecule has 0 bridgehead atoms. The molecule has 2 atom stereocenters. The molecule has 1 aromatic rings. The van der Waals surface area contributed by atoms with E-state index in [1.165, 1.54) is 12.1 Å². The molecule has 1 saturated carbocycles. The Kier molecular flexibility index (Phi) is 3.81. The van der Waals surface area contributed by atoms with Crippen LogP contribution in [-0.2, 0) is 4.74 Å². The highest BCUT2D eigenvalue weighted by Crippen LogP contribution is 2.37. The number of methoxy groups -OCH3 is 1. The summed E-state index contributed by atoms with van der Waals surface area (Å²) in [5.74, 6) is 0.00298. The highest BCUT2D eigenvalue weighted by Gasteiger charge is 2.42. The Balaban J connectivity index is 2.30. The molecule has 0 saturated heterocycles.